The number of nitrogens with two attached hydrogens (primary N) is 1. The predicted molar refractivity (Wildman–Crippen MR) is 230 cm³/mol. The number of amides is 2. The summed E-state index contributed by atoms with van der Waals surface area (Å²) in [5.41, 5.74) is 4.48. The fraction of sp³-hybridized carbons (Fsp3) is 0.806. The number of anilines is 1. The summed E-state index contributed by atoms with van der Waals surface area (Å²) < 4.78 is 58.1. The van der Waals surface area contributed by atoms with Crippen molar-refractivity contribution < 1.29 is 123 Å². The Balaban J connectivity index is 1.36. The Kier molecular flexibility index (Phi) is 20.3. The number of thioether (sulfide) groups is 2. The lowest BCUT2D eigenvalue weighted by molar-refractivity contribution is -0.342. The van der Waals surface area contributed by atoms with E-state index in [0.717, 1.165) is 42.4 Å². The van der Waals surface area contributed by atoms with E-state index >= 15 is 0 Å². The SMILES string of the molecule is CO[C@@H]1O[C@H](CO)[C@@H](O[C@@H]2O[C@H](CSCS[C@@H]3[C@H](O)[C@@H](NC(C)=O)[C@H]([C@H](O)[C@H](O)CO)O[C@]3(OP(=O)(O)OC[C@H]3O[C@@H](n4ccc(N)nc4=O)[C@H](O)[C@@H]3O)C(=O)O)[C@H](O)[C@H](O)[C@H]2O)[C@H](O)[C@H]1NC(C)=O. The van der Waals surface area contributed by atoms with Gasteiger partial charge >= 0.3 is 19.5 Å². The van der Waals surface area contributed by atoms with Gasteiger partial charge in [0, 0.05) is 38.0 Å². The molecule has 4 aliphatic heterocycles. The molecule has 34 heteroatoms. The summed E-state index contributed by atoms with van der Waals surface area (Å²) in [4.78, 5) is 64.5. The number of carboxylic acids is 1. The van der Waals surface area contributed by atoms with Gasteiger partial charge in [0.25, 0.3) is 5.79 Å². The third-order valence-corrected chi connectivity index (χ3v) is 15.1. The highest BCUT2D eigenvalue weighted by atomic mass is 32.2. The molecule has 4 aliphatic rings. The van der Waals surface area contributed by atoms with Gasteiger partial charge in [-0.05, 0) is 6.07 Å². The number of hydrogen-bond donors (Lipinski definition) is 16. The van der Waals surface area contributed by atoms with Gasteiger partial charge in [-0.25, -0.2) is 18.7 Å². The molecule has 400 valence electrons. The van der Waals surface area contributed by atoms with Crippen LogP contribution in [0.3, 0.4) is 0 Å². The number of rotatable bonds is 21. The van der Waals surface area contributed by atoms with E-state index in [2.05, 4.69) is 15.6 Å². The summed E-state index contributed by atoms with van der Waals surface area (Å²) in [6, 6.07) is -1.97. The first-order valence-electron chi connectivity index (χ1n) is 21.0. The van der Waals surface area contributed by atoms with Gasteiger partial charge in [0.2, 0.25) is 11.8 Å². The van der Waals surface area contributed by atoms with Crippen LogP contribution in [0.1, 0.15) is 20.1 Å². The number of aliphatic hydroxyl groups excluding tert-OH is 11. The summed E-state index contributed by atoms with van der Waals surface area (Å²) in [7, 11) is -4.69. The van der Waals surface area contributed by atoms with Crippen molar-refractivity contribution >= 4 is 54.9 Å². The van der Waals surface area contributed by atoms with Crippen LogP contribution in [-0.4, -0.2) is 252 Å². The standard InChI is InChI=1S/C36H58N5O26PS2/c1-11(44)38-18-24(51)30(70-10-69-9-16-22(49)25(52)27(54)33(64-16)65-28-14(7-43)63-32(60-3)19(23(28)50)39-12(2)45)36(34(55)56,66-29(18)20(47)13(46)6-42)67-68(58,59)61-8-15-21(48)26(53)31(62-15)41-5-4-17(37)40-35(41)57/h4-5,13-16,18-33,42-43,46-54H,6-10H2,1-3H3,(H,38,44)(H,39,45)(H,55,56)(H,58,59)(H2,37,40,57)/t13-,14-,15-,16-,18-,19-,20-,21-,22+,23-,24-,25+,26-,27-,28-,29-,30-,31-,32-,33+,36-/m1/s1. The van der Waals surface area contributed by atoms with E-state index in [0.29, 0.717) is 11.8 Å². The number of phosphoric acid groups is 1. The van der Waals surface area contributed by atoms with E-state index in [9.17, 15) is 89.9 Å². The number of carboxylic acid groups (broad SMARTS) is 1. The van der Waals surface area contributed by atoms with Crippen molar-refractivity contribution in [2.45, 2.75) is 141 Å². The molecule has 0 spiro atoms. The van der Waals surface area contributed by atoms with E-state index in [4.69, 9.17) is 43.2 Å². The Morgan fingerprint density at radius 1 is 0.900 bits per heavy atom. The molecule has 1 aromatic heterocycles. The van der Waals surface area contributed by atoms with Crippen molar-refractivity contribution in [2.24, 2.45) is 0 Å². The highest BCUT2D eigenvalue weighted by Gasteiger charge is 2.65. The minimum absolute atomic E-state index is 0.195. The summed E-state index contributed by atoms with van der Waals surface area (Å²) in [5.74, 6) is -7.96. The van der Waals surface area contributed by atoms with Crippen LogP contribution >= 0.6 is 31.3 Å². The van der Waals surface area contributed by atoms with Gasteiger partial charge in [-0.15, -0.1) is 23.5 Å². The Hall–Kier alpha value is -2.78. The zero-order valence-corrected chi connectivity index (χ0v) is 39.6. The van der Waals surface area contributed by atoms with Crippen molar-refractivity contribution in [3.8, 4) is 0 Å². The summed E-state index contributed by atoms with van der Waals surface area (Å²) in [5, 5.41) is 131. The van der Waals surface area contributed by atoms with E-state index in [1.54, 1.807) is 0 Å². The van der Waals surface area contributed by atoms with Gasteiger partial charge in [-0.2, -0.15) is 4.98 Å². The molecule has 4 saturated heterocycles. The molecule has 17 N–H and O–H groups in total. The number of nitrogen functional groups attached to an aromatic ring is 1. The number of methoxy groups -OCH3 is 1. The second kappa shape index (κ2) is 24.5. The average Bonchev–Trinajstić information content (AvgIpc) is 3.58. The van der Waals surface area contributed by atoms with Gasteiger partial charge < -0.3 is 111 Å². The van der Waals surface area contributed by atoms with Crippen molar-refractivity contribution in [1.82, 2.24) is 20.2 Å². The molecule has 70 heavy (non-hydrogen) atoms. The smallest absolute Gasteiger partial charge is 0.475 e. The molecule has 1 unspecified atom stereocenters. The number of nitrogens with zero attached hydrogens (tertiary/aromatic N) is 2. The van der Waals surface area contributed by atoms with Gasteiger partial charge in [-0.3, -0.25) is 18.7 Å². The summed E-state index contributed by atoms with van der Waals surface area (Å²) in [6.45, 7) is -1.05. The van der Waals surface area contributed by atoms with Crippen molar-refractivity contribution in [2.75, 3.05) is 43.5 Å². The highest BCUT2D eigenvalue weighted by Crippen LogP contribution is 2.54. The summed E-state index contributed by atoms with van der Waals surface area (Å²) >= 11 is 1.19. The van der Waals surface area contributed by atoms with E-state index < -0.39 is 184 Å². The Morgan fingerprint density at radius 2 is 1.53 bits per heavy atom. The first-order valence-corrected chi connectivity index (χ1v) is 24.7. The molecule has 31 nitrogen and oxygen atoms in total. The van der Waals surface area contributed by atoms with Crippen LogP contribution in [0.25, 0.3) is 0 Å². The van der Waals surface area contributed by atoms with E-state index in [1.165, 1.54) is 7.11 Å². The molecule has 0 saturated carbocycles. The third-order valence-electron chi connectivity index (χ3n) is 11.4. The molecule has 4 fully saturated rings. The lowest BCUT2D eigenvalue weighted by Gasteiger charge is -2.50. The molecule has 1 aromatic rings. The summed E-state index contributed by atoms with van der Waals surface area (Å²) in [6.07, 6.45) is -30.1. The number of nitrogens with one attached hydrogen (secondary N) is 2. The van der Waals surface area contributed by atoms with Crippen LogP contribution in [0.15, 0.2) is 17.1 Å². The minimum Gasteiger partial charge on any atom is -0.477 e. The molecule has 0 bridgehead atoms. The number of hydrogen-bond acceptors (Lipinski definition) is 28. The maximum absolute atomic E-state index is 13.7. The van der Waals surface area contributed by atoms with E-state index in [1.807, 2.05) is 0 Å². The maximum Gasteiger partial charge on any atom is 0.475 e. The first kappa shape index (κ1) is 58.1. The van der Waals surface area contributed by atoms with Crippen LogP contribution in [-0.2, 0) is 56.4 Å². The molecule has 0 radical (unpaired) electrons. The number of ether oxygens (including phenoxy) is 6. The van der Waals surface area contributed by atoms with Gasteiger partial charge in [0.1, 0.15) is 85.1 Å². The fourth-order valence-electron chi connectivity index (χ4n) is 7.97. The topological polar surface area (TPSA) is 490 Å². The molecule has 0 aliphatic carbocycles. The number of aliphatic hydroxyl groups is 11. The van der Waals surface area contributed by atoms with Gasteiger partial charge in [0.15, 0.2) is 18.8 Å². The maximum atomic E-state index is 13.7. The second-order valence-electron chi connectivity index (χ2n) is 16.3. The van der Waals surface area contributed by atoms with Crippen molar-refractivity contribution in [3.05, 3.63) is 22.7 Å². The average molecular weight is 1070 g/mol. The fourth-order valence-corrected chi connectivity index (χ4v) is 11.7. The van der Waals surface area contributed by atoms with Crippen LogP contribution in [0.2, 0.25) is 0 Å². The molecular weight excluding hydrogens is 1010 g/mol. The lowest BCUT2D eigenvalue weighted by Crippen LogP contribution is -2.73. The Bertz CT molecular complexity index is 2060. The number of carbonyl (C=O) groups excluding carboxylic acids is 2. The number of phosphoric ester groups is 1. The van der Waals surface area contributed by atoms with Crippen molar-refractivity contribution in [1.29, 1.82) is 0 Å². The molecule has 22 atom stereocenters. The van der Waals surface area contributed by atoms with Gasteiger partial charge in [0.05, 0.1) is 43.3 Å². The van der Waals surface area contributed by atoms with Crippen LogP contribution in [0, 0.1) is 0 Å². The lowest BCUT2D eigenvalue weighted by atomic mass is 9.88. The highest BCUT2D eigenvalue weighted by molar-refractivity contribution is 8.16. The second-order valence-corrected chi connectivity index (χ2v) is 20.2. The van der Waals surface area contributed by atoms with Crippen LogP contribution < -0.4 is 22.1 Å². The largest absolute Gasteiger partial charge is 0.477 e. The minimum atomic E-state index is -5.89. The van der Waals surface area contributed by atoms with Crippen LogP contribution in [0.5, 0.6) is 0 Å². The zero-order chi connectivity index (χ0) is 52.2. The molecular formula is C36H58N5O26PS2. The molecule has 5 rings (SSSR count). The van der Waals surface area contributed by atoms with Crippen molar-refractivity contribution in [3.63, 3.8) is 0 Å². The normalized spacial score (nSPS) is 39.6. The predicted octanol–water partition coefficient (Wildman–Crippen LogP) is -8.45. The van der Waals surface area contributed by atoms with E-state index in [-0.39, 0.29) is 11.6 Å². The number of aromatic nitrogens is 2. The quantitative estimate of drug-likeness (QED) is 0.0309. The Labute approximate surface area is 404 Å². The Morgan fingerprint density at radius 3 is 2.11 bits per heavy atom. The zero-order valence-electron chi connectivity index (χ0n) is 37.1. The number of carbonyl (C=O) groups is 3. The third kappa shape index (κ3) is 12.9. The first-order chi connectivity index (χ1) is 32.8. The molecule has 5 heterocycles. The van der Waals surface area contributed by atoms with Crippen LogP contribution in [0.4, 0.5) is 5.82 Å². The van der Waals surface area contributed by atoms with Gasteiger partial charge in [-0.1, -0.05) is 0 Å². The molecule has 0 aromatic carbocycles. The number of aliphatic carboxylic acids is 1. The monoisotopic (exact) mass is 1070 g/mol. The molecule has 2 amide bonds.